The molecule has 140 valence electrons. The molecule has 0 radical (unpaired) electrons. The molecular weight excluding hydrogens is 357 g/mol. The maximum absolute atomic E-state index is 13.0. The van der Waals surface area contributed by atoms with E-state index in [0.717, 1.165) is 23.3 Å². The average molecular weight is 379 g/mol. The summed E-state index contributed by atoms with van der Waals surface area (Å²) in [5.41, 5.74) is 2.32. The van der Waals surface area contributed by atoms with Gasteiger partial charge in [-0.05, 0) is 43.7 Å². The summed E-state index contributed by atoms with van der Waals surface area (Å²) in [6.07, 6.45) is 0.913. The van der Waals surface area contributed by atoms with E-state index in [2.05, 4.69) is 4.72 Å². The van der Waals surface area contributed by atoms with Gasteiger partial charge < -0.3 is 9.47 Å². The minimum atomic E-state index is -3.57. The van der Waals surface area contributed by atoms with Gasteiger partial charge in [-0.2, -0.15) is 0 Å². The molecule has 1 unspecified atom stereocenters. The topological polar surface area (TPSA) is 64.6 Å². The molecule has 1 aliphatic heterocycles. The predicted molar refractivity (Wildman–Crippen MR) is 97.3 cm³/mol. The molecule has 1 N–H and O–H groups in total. The van der Waals surface area contributed by atoms with Crippen LogP contribution in [0.4, 0.5) is 4.39 Å². The van der Waals surface area contributed by atoms with Crippen molar-refractivity contribution in [2.45, 2.75) is 38.7 Å². The van der Waals surface area contributed by atoms with Crippen LogP contribution in [0.1, 0.15) is 30.5 Å². The lowest BCUT2D eigenvalue weighted by Gasteiger charge is -2.13. The van der Waals surface area contributed by atoms with Gasteiger partial charge in [-0.15, -0.1) is 0 Å². The van der Waals surface area contributed by atoms with E-state index >= 15 is 0 Å². The molecule has 0 saturated heterocycles. The van der Waals surface area contributed by atoms with Crippen molar-refractivity contribution in [2.24, 2.45) is 0 Å². The molecular formula is C19H22FNO4S. The Labute approximate surface area is 153 Å². The van der Waals surface area contributed by atoms with Gasteiger partial charge in [0, 0.05) is 24.1 Å². The molecule has 0 amide bonds. The smallest absolute Gasteiger partial charge is 0.216 e. The molecule has 0 aliphatic carbocycles. The maximum Gasteiger partial charge on any atom is 0.216 e. The predicted octanol–water partition coefficient (Wildman–Crippen LogP) is 3.17. The standard InChI is InChI=1S/C19H22FNO4S/c1-3-24-18-9-15-8-13(2)25-19(15)10-16(18)11-21-26(22,23)12-14-4-6-17(20)7-5-14/h4-7,9-10,13,21H,3,8,11-12H2,1-2H3. The van der Waals surface area contributed by atoms with Gasteiger partial charge >= 0.3 is 0 Å². The highest BCUT2D eigenvalue weighted by atomic mass is 32.2. The van der Waals surface area contributed by atoms with Gasteiger partial charge in [-0.1, -0.05) is 12.1 Å². The van der Waals surface area contributed by atoms with Crippen molar-refractivity contribution in [1.82, 2.24) is 4.72 Å². The lowest BCUT2D eigenvalue weighted by molar-refractivity contribution is 0.254. The molecule has 1 atom stereocenters. The molecule has 2 aromatic carbocycles. The first kappa shape index (κ1) is 18.7. The Kier molecular flexibility index (Phi) is 5.48. The Hall–Kier alpha value is -2.12. The van der Waals surface area contributed by atoms with Gasteiger partial charge in [-0.3, -0.25) is 0 Å². The molecule has 0 aromatic heterocycles. The molecule has 0 fully saturated rings. The van der Waals surface area contributed by atoms with Gasteiger partial charge in [-0.25, -0.2) is 17.5 Å². The fraction of sp³-hybridized carbons (Fsp3) is 0.368. The molecule has 1 aliphatic rings. The van der Waals surface area contributed by atoms with Crippen LogP contribution >= 0.6 is 0 Å². The van der Waals surface area contributed by atoms with Crippen LogP contribution in [-0.4, -0.2) is 21.1 Å². The lowest BCUT2D eigenvalue weighted by atomic mass is 10.1. The molecule has 0 saturated carbocycles. The van der Waals surface area contributed by atoms with Gasteiger partial charge in [0.2, 0.25) is 10.0 Å². The second kappa shape index (κ2) is 7.63. The maximum atomic E-state index is 13.0. The number of rotatable bonds is 7. The Morgan fingerprint density at radius 2 is 2.00 bits per heavy atom. The molecule has 26 heavy (non-hydrogen) atoms. The minimum Gasteiger partial charge on any atom is -0.494 e. The van der Waals surface area contributed by atoms with E-state index in [1.807, 2.05) is 26.0 Å². The second-order valence-corrected chi connectivity index (χ2v) is 8.15. The quantitative estimate of drug-likeness (QED) is 0.803. The zero-order chi connectivity index (χ0) is 18.7. The summed E-state index contributed by atoms with van der Waals surface area (Å²) in [6, 6.07) is 9.18. The van der Waals surface area contributed by atoms with Crippen LogP contribution in [0, 0.1) is 5.82 Å². The van der Waals surface area contributed by atoms with E-state index in [4.69, 9.17) is 9.47 Å². The zero-order valence-electron chi connectivity index (χ0n) is 14.8. The van der Waals surface area contributed by atoms with Crippen LogP contribution < -0.4 is 14.2 Å². The molecule has 7 heteroatoms. The molecule has 3 rings (SSSR count). The fourth-order valence-electron chi connectivity index (χ4n) is 2.95. The van der Waals surface area contributed by atoms with Crippen molar-refractivity contribution in [3.05, 3.63) is 58.9 Å². The van der Waals surface area contributed by atoms with Crippen LogP contribution in [0.2, 0.25) is 0 Å². The summed E-state index contributed by atoms with van der Waals surface area (Å²) in [6.45, 7) is 4.47. The van der Waals surface area contributed by atoms with E-state index in [0.29, 0.717) is 17.9 Å². The summed E-state index contributed by atoms with van der Waals surface area (Å²) in [7, 11) is -3.57. The normalized spacial score (nSPS) is 16.2. The Morgan fingerprint density at radius 3 is 2.69 bits per heavy atom. The Balaban J connectivity index is 1.73. The number of benzene rings is 2. The number of hydrogen-bond donors (Lipinski definition) is 1. The summed E-state index contributed by atoms with van der Waals surface area (Å²) >= 11 is 0. The molecule has 2 aromatic rings. The van der Waals surface area contributed by atoms with E-state index in [1.165, 1.54) is 24.3 Å². The Bertz CT molecular complexity index is 881. The summed E-state index contributed by atoms with van der Waals surface area (Å²) in [5.74, 6) is 0.824. The molecule has 0 spiro atoms. The largest absolute Gasteiger partial charge is 0.494 e. The van der Waals surface area contributed by atoms with E-state index < -0.39 is 15.8 Å². The van der Waals surface area contributed by atoms with E-state index in [1.54, 1.807) is 0 Å². The summed E-state index contributed by atoms with van der Waals surface area (Å²) < 4.78 is 51.6. The van der Waals surface area contributed by atoms with Gasteiger partial charge in [0.25, 0.3) is 0 Å². The average Bonchev–Trinajstić information content (AvgIpc) is 2.94. The third-order valence-corrected chi connectivity index (χ3v) is 5.43. The third-order valence-electron chi connectivity index (χ3n) is 4.13. The number of ether oxygens (including phenoxy) is 2. The van der Waals surface area contributed by atoms with Crippen molar-refractivity contribution < 1.29 is 22.3 Å². The third kappa shape index (κ3) is 4.53. The molecule has 5 nitrogen and oxygen atoms in total. The van der Waals surface area contributed by atoms with Gasteiger partial charge in [0.15, 0.2) is 0 Å². The van der Waals surface area contributed by atoms with Gasteiger partial charge in [0.1, 0.15) is 23.4 Å². The van der Waals surface area contributed by atoms with Crippen LogP contribution in [0.15, 0.2) is 36.4 Å². The second-order valence-electron chi connectivity index (χ2n) is 6.34. The summed E-state index contributed by atoms with van der Waals surface area (Å²) in [5, 5.41) is 0. The van der Waals surface area contributed by atoms with Crippen molar-refractivity contribution in [3.8, 4) is 11.5 Å². The lowest BCUT2D eigenvalue weighted by Crippen LogP contribution is -2.25. The van der Waals surface area contributed by atoms with E-state index in [9.17, 15) is 12.8 Å². The van der Waals surface area contributed by atoms with Crippen LogP contribution in [0.25, 0.3) is 0 Å². The number of nitrogens with one attached hydrogen (secondary N) is 1. The van der Waals surface area contributed by atoms with Crippen LogP contribution in [0.3, 0.4) is 0 Å². The first-order valence-electron chi connectivity index (χ1n) is 8.53. The van der Waals surface area contributed by atoms with E-state index in [-0.39, 0.29) is 18.4 Å². The number of fused-ring (bicyclic) bond motifs is 1. The SMILES string of the molecule is CCOc1cc2c(cc1CNS(=O)(=O)Cc1ccc(F)cc1)OC(C)C2. The number of hydrogen-bond acceptors (Lipinski definition) is 4. The first-order valence-corrected chi connectivity index (χ1v) is 10.2. The van der Waals surface area contributed by atoms with Crippen LogP contribution in [0.5, 0.6) is 11.5 Å². The highest BCUT2D eigenvalue weighted by Gasteiger charge is 2.22. The first-order chi connectivity index (χ1) is 12.4. The highest BCUT2D eigenvalue weighted by Crippen LogP contribution is 2.35. The van der Waals surface area contributed by atoms with Gasteiger partial charge in [0.05, 0.1) is 12.4 Å². The van der Waals surface area contributed by atoms with Crippen molar-refractivity contribution >= 4 is 10.0 Å². The monoisotopic (exact) mass is 379 g/mol. The molecule has 0 bridgehead atoms. The van der Waals surface area contributed by atoms with Crippen molar-refractivity contribution in [3.63, 3.8) is 0 Å². The Morgan fingerprint density at radius 1 is 1.27 bits per heavy atom. The fourth-order valence-corrected chi connectivity index (χ4v) is 4.06. The van der Waals surface area contributed by atoms with Crippen molar-refractivity contribution in [1.29, 1.82) is 0 Å². The summed E-state index contributed by atoms with van der Waals surface area (Å²) in [4.78, 5) is 0. The van der Waals surface area contributed by atoms with Crippen molar-refractivity contribution in [2.75, 3.05) is 6.61 Å². The zero-order valence-corrected chi connectivity index (χ0v) is 15.6. The molecule has 1 heterocycles. The minimum absolute atomic E-state index is 0.101. The highest BCUT2D eigenvalue weighted by molar-refractivity contribution is 7.88. The van der Waals surface area contributed by atoms with Crippen LogP contribution in [-0.2, 0) is 28.7 Å². The number of halogens is 1. The number of sulfonamides is 1.